The van der Waals surface area contributed by atoms with E-state index in [4.69, 9.17) is 23.2 Å². The van der Waals surface area contributed by atoms with Gasteiger partial charge in [-0.3, -0.25) is 4.79 Å². The fourth-order valence-corrected chi connectivity index (χ4v) is 1.57. The predicted octanol–water partition coefficient (Wildman–Crippen LogP) is 3.66. The maximum Gasteiger partial charge on any atom is 0.253 e. The molecule has 0 saturated carbocycles. The van der Waals surface area contributed by atoms with Gasteiger partial charge < -0.3 is 5.32 Å². The van der Waals surface area contributed by atoms with E-state index in [2.05, 4.69) is 5.32 Å². The van der Waals surface area contributed by atoms with Gasteiger partial charge in [0.15, 0.2) is 0 Å². The molecule has 0 unspecified atom stereocenters. The van der Waals surface area contributed by atoms with Gasteiger partial charge in [0, 0.05) is 5.54 Å². The lowest BCUT2D eigenvalue weighted by atomic mass is 10.1. The van der Waals surface area contributed by atoms with Gasteiger partial charge in [-0.05, 0) is 32.9 Å². The van der Waals surface area contributed by atoms with E-state index in [9.17, 15) is 9.18 Å². The SMILES string of the molecule is CC(C)(C)NC(=O)c1cc(F)c(Cl)cc1Cl. The van der Waals surface area contributed by atoms with Gasteiger partial charge in [-0.15, -0.1) is 0 Å². The summed E-state index contributed by atoms with van der Waals surface area (Å²) in [5.41, 5.74) is -0.324. The van der Waals surface area contributed by atoms with Crippen LogP contribution in [0.15, 0.2) is 12.1 Å². The number of halogens is 3. The largest absolute Gasteiger partial charge is 0.347 e. The molecule has 0 aliphatic carbocycles. The van der Waals surface area contributed by atoms with Gasteiger partial charge >= 0.3 is 0 Å². The Labute approximate surface area is 104 Å². The molecule has 0 fully saturated rings. The molecule has 0 saturated heterocycles. The van der Waals surface area contributed by atoms with Crippen LogP contribution in [0.5, 0.6) is 0 Å². The number of hydrogen-bond acceptors (Lipinski definition) is 1. The van der Waals surface area contributed by atoms with E-state index < -0.39 is 17.3 Å². The summed E-state index contributed by atoms with van der Waals surface area (Å²) in [5, 5.41) is 2.72. The third-order valence-electron chi connectivity index (χ3n) is 1.74. The van der Waals surface area contributed by atoms with Crippen LogP contribution in [-0.4, -0.2) is 11.4 Å². The number of carbonyl (C=O) groups excluding carboxylic acids is 1. The second-order valence-electron chi connectivity index (χ2n) is 4.45. The van der Waals surface area contributed by atoms with Crippen LogP contribution in [0.25, 0.3) is 0 Å². The first-order valence-corrected chi connectivity index (χ1v) is 5.43. The average Bonchev–Trinajstić information content (AvgIpc) is 2.08. The molecular formula is C11H12Cl2FNO. The molecular weight excluding hydrogens is 252 g/mol. The van der Waals surface area contributed by atoms with Crippen LogP contribution in [0, 0.1) is 5.82 Å². The van der Waals surface area contributed by atoms with Crippen molar-refractivity contribution >= 4 is 29.1 Å². The Hall–Kier alpha value is -0.800. The normalized spacial score (nSPS) is 11.4. The number of benzene rings is 1. The molecule has 1 aromatic carbocycles. The van der Waals surface area contributed by atoms with Crippen LogP contribution in [0.1, 0.15) is 31.1 Å². The Morgan fingerprint density at radius 3 is 2.31 bits per heavy atom. The van der Waals surface area contributed by atoms with E-state index in [0.717, 1.165) is 6.07 Å². The second kappa shape index (κ2) is 4.60. The molecule has 0 heterocycles. The maximum atomic E-state index is 13.2. The summed E-state index contributed by atoms with van der Waals surface area (Å²) >= 11 is 11.3. The molecule has 0 aliphatic heterocycles. The first-order chi connectivity index (χ1) is 7.20. The lowest BCUT2D eigenvalue weighted by Crippen LogP contribution is -2.40. The van der Waals surface area contributed by atoms with Crippen molar-refractivity contribution in [2.24, 2.45) is 0 Å². The van der Waals surface area contributed by atoms with E-state index >= 15 is 0 Å². The Kier molecular flexibility index (Phi) is 3.81. The van der Waals surface area contributed by atoms with E-state index in [1.807, 2.05) is 20.8 Å². The van der Waals surface area contributed by atoms with Crippen LogP contribution in [0.2, 0.25) is 10.0 Å². The molecule has 1 aromatic rings. The van der Waals surface area contributed by atoms with Crippen molar-refractivity contribution in [1.82, 2.24) is 5.32 Å². The van der Waals surface area contributed by atoms with Gasteiger partial charge in [-0.25, -0.2) is 4.39 Å². The van der Waals surface area contributed by atoms with Gasteiger partial charge in [0.2, 0.25) is 0 Å². The van der Waals surface area contributed by atoms with Crippen molar-refractivity contribution in [3.05, 3.63) is 33.6 Å². The summed E-state index contributed by atoms with van der Waals surface area (Å²) < 4.78 is 13.2. The highest BCUT2D eigenvalue weighted by atomic mass is 35.5. The van der Waals surface area contributed by atoms with Crippen molar-refractivity contribution in [2.75, 3.05) is 0 Å². The summed E-state index contributed by atoms with van der Waals surface area (Å²) in [6.07, 6.45) is 0. The maximum absolute atomic E-state index is 13.2. The summed E-state index contributed by atoms with van der Waals surface area (Å²) in [7, 11) is 0. The van der Waals surface area contributed by atoms with Gasteiger partial charge in [0.05, 0.1) is 15.6 Å². The average molecular weight is 264 g/mol. The van der Waals surface area contributed by atoms with Crippen molar-refractivity contribution in [1.29, 1.82) is 0 Å². The topological polar surface area (TPSA) is 29.1 Å². The smallest absolute Gasteiger partial charge is 0.253 e. The number of hydrogen-bond donors (Lipinski definition) is 1. The summed E-state index contributed by atoms with van der Waals surface area (Å²) in [6.45, 7) is 5.47. The third kappa shape index (κ3) is 3.35. The Bertz CT molecular complexity index is 427. The van der Waals surface area contributed by atoms with E-state index in [-0.39, 0.29) is 15.6 Å². The molecule has 0 radical (unpaired) electrons. The summed E-state index contributed by atoms with van der Waals surface area (Å²) in [4.78, 5) is 11.7. The summed E-state index contributed by atoms with van der Waals surface area (Å²) in [5.74, 6) is -1.09. The number of rotatable bonds is 1. The Morgan fingerprint density at radius 2 is 1.81 bits per heavy atom. The van der Waals surface area contributed by atoms with Crippen molar-refractivity contribution in [3.63, 3.8) is 0 Å². The molecule has 1 amide bonds. The highest BCUT2D eigenvalue weighted by Gasteiger charge is 2.19. The molecule has 0 atom stereocenters. The fourth-order valence-electron chi connectivity index (χ4n) is 1.10. The van der Waals surface area contributed by atoms with E-state index in [1.54, 1.807) is 0 Å². The minimum absolute atomic E-state index is 0.0819. The third-order valence-corrected chi connectivity index (χ3v) is 2.35. The monoisotopic (exact) mass is 263 g/mol. The van der Waals surface area contributed by atoms with Gasteiger partial charge in [0.25, 0.3) is 5.91 Å². The van der Waals surface area contributed by atoms with Crippen LogP contribution in [0.3, 0.4) is 0 Å². The van der Waals surface area contributed by atoms with Crippen molar-refractivity contribution < 1.29 is 9.18 Å². The Balaban J connectivity index is 3.05. The highest BCUT2D eigenvalue weighted by Crippen LogP contribution is 2.24. The molecule has 0 aromatic heterocycles. The second-order valence-corrected chi connectivity index (χ2v) is 5.26. The number of carbonyl (C=O) groups is 1. The lowest BCUT2D eigenvalue weighted by Gasteiger charge is -2.20. The first kappa shape index (κ1) is 13.3. The van der Waals surface area contributed by atoms with Gasteiger partial charge in [-0.1, -0.05) is 23.2 Å². The highest BCUT2D eigenvalue weighted by molar-refractivity contribution is 6.36. The minimum Gasteiger partial charge on any atom is -0.347 e. The quantitative estimate of drug-likeness (QED) is 0.770. The van der Waals surface area contributed by atoms with Crippen LogP contribution < -0.4 is 5.32 Å². The first-order valence-electron chi connectivity index (χ1n) is 4.68. The zero-order valence-corrected chi connectivity index (χ0v) is 10.7. The standard InChI is InChI=1S/C11H12Cl2FNO/c1-11(2,3)15-10(16)6-4-9(14)8(13)5-7(6)12/h4-5H,1-3H3,(H,15,16). The lowest BCUT2D eigenvalue weighted by molar-refractivity contribution is 0.0919. The molecule has 1 N–H and O–H groups in total. The van der Waals surface area contributed by atoms with Crippen LogP contribution in [0.4, 0.5) is 4.39 Å². The molecule has 5 heteroatoms. The van der Waals surface area contributed by atoms with Gasteiger partial charge in [-0.2, -0.15) is 0 Å². The molecule has 16 heavy (non-hydrogen) atoms. The van der Waals surface area contributed by atoms with Crippen LogP contribution in [-0.2, 0) is 0 Å². The molecule has 1 rings (SSSR count). The van der Waals surface area contributed by atoms with E-state index in [0.29, 0.717) is 0 Å². The fraction of sp³-hybridized carbons (Fsp3) is 0.364. The molecule has 0 spiro atoms. The van der Waals surface area contributed by atoms with Crippen molar-refractivity contribution in [3.8, 4) is 0 Å². The van der Waals surface area contributed by atoms with Crippen molar-refractivity contribution in [2.45, 2.75) is 26.3 Å². The van der Waals surface area contributed by atoms with Gasteiger partial charge in [0.1, 0.15) is 5.82 Å². The predicted molar refractivity (Wildman–Crippen MR) is 63.6 cm³/mol. The molecule has 2 nitrogen and oxygen atoms in total. The number of nitrogens with one attached hydrogen (secondary N) is 1. The zero-order valence-electron chi connectivity index (χ0n) is 9.20. The van der Waals surface area contributed by atoms with Crippen LogP contribution >= 0.6 is 23.2 Å². The molecule has 88 valence electrons. The minimum atomic E-state index is -0.662. The molecule has 0 aliphatic rings. The zero-order chi connectivity index (χ0) is 12.5. The Morgan fingerprint density at radius 1 is 1.25 bits per heavy atom. The summed E-state index contributed by atoms with van der Waals surface area (Å²) in [6, 6.07) is 2.25. The molecule has 0 bridgehead atoms. The number of amides is 1. The van der Waals surface area contributed by atoms with E-state index in [1.165, 1.54) is 6.07 Å².